The van der Waals surface area contributed by atoms with E-state index in [0.29, 0.717) is 21.5 Å². The van der Waals surface area contributed by atoms with Crippen molar-refractivity contribution < 1.29 is 19.1 Å². The van der Waals surface area contributed by atoms with Crippen LogP contribution >= 0.6 is 34.8 Å². The maximum absolute atomic E-state index is 13.1. The number of hydrogen-bond donors (Lipinski definition) is 0. The van der Waals surface area contributed by atoms with E-state index in [2.05, 4.69) is 5.10 Å². The van der Waals surface area contributed by atoms with Crippen LogP contribution in [0.5, 0.6) is 11.6 Å². The molecule has 0 aliphatic rings. The Morgan fingerprint density at radius 2 is 1.70 bits per heavy atom. The van der Waals surface area contributed by atoms with Gasteiger partial charge in [0.05, 0.1) is 10.7 Å². The van der Waals surface area contributed by atoms with Crippen LogP contribution in [-0.4, -0.2) is 28.1 Å². The summed E-state index contributed by atoms with van der Waals surface area (Å²) in [6, 6.07) is 9.58. The van der Waals surface area contributed by atoms with Crippen molar-refractivity contribution in [1.82, 2.24) is 9.78 Å². The lowest BCUT2D eigenvalue weighted by Crippen LogP contribution is -2.20. The van der Waals surface area contributed by atoms with Crippen molar-refractivity contribution in [2.45, 2.75) is 13.8 Å². The molecule has 2 aromatic carbocycles. The zero-order valence-corrected chi connectivity index (χ0v) is 18.6. The van der Waals surface area contributed by atoms with Gasteiger partial charge in [-0.05, 0) is 55.8 Å². The van der Waals surface area contributed by atoms with Gasteiger partial charge in [0.1, 0.15) is 11.3 Å². The molecule has 6 nitrogen and oxygen atoms in total. The van der Waals surface area contributed by atoms with E-state index in [4.69, 9.17) is 44.3 Å². The first-order valence-corrected chi connectivity index (χ1v) is 9.93. The summed E-state index contributed by atoms with van der Waals surface area (Å²) in [5.74, 6) is -0.616. The smallest absolute Gasteiger partial charge is 0.350 e. The predicted octanol–water partition coefficient (Wildman–Crippen LogP) is 5.21. The van der Waals surface area contributed by atoms with Gasteiger partial charge in [0.15, 0.2) is 6.61 Å². The van der Waals surface area contributed by atoms with Crippen molar-refractivity contribution in [3.05, 3.63) is 73.9 Å². The molecule has 3 rings (SSSR count). The zero-order valence-electron chi connectivity index (χ0n) is 16.3. The molecule has 0 amide bonds. The summed E-state index contributed by atoms with van der Waals surface area (Å²) < 4.78 is 12.2. The number of ether oxygens (including phenoxy) is 2. The van der Waals surface area contributed by atoms with Crippen LogP contribution in [0.1, 0.15) is 27.2 Å². The van der Waals surface area contributed by atoms with Crippen LogP contribution in [0.3, 0.4) is 0 Å². The van der Waals surface area contributed by atoms with E-state index >= 15 is 0 Å². The number of carbonyl (C=O) groups is 2. The summed E-state index contributed by atoms with van der Waals surface area (Å²) in [5.41, 5.74) is 1.53. The molecule has 0 unspecified atom stereocenters. The van der Waals surface area contributed by atoms with Gasteiger partial charge < -0.3 is 9.47 Å². The molecule has 1 aromatic heterocycles. The monoisotopic (exact) mass is 466 g/mol. The normalized spacial score (nSPS) is 10.7. The summed E-state index contributed by atoms with van der Waals surface area (Å²) in [5, 5.41) is 5.35. The van der Waals surface area contributed by atoms with Gasteiger partial charge in [-0.1, -0.05) is 34.8 Å². The van der Waals surface area contributed by atoms with Gasteiger partial charge in [-0.2, -0.15) is 5.10 Å². The topological polar surface area (TPSA) is 70.4 Å². The first kappa shape index (κ1) is 22.2. The fraction of sp³-hybridized carbons (Fsp3) is 0.190. The molecule has 0 radical (unpaired) electrons. The SMILES string of the molecule is Cc1cc(Cl)ccc1OCC(=O)Oc1c(C(=O)c2ccc(Cl)cc2Cl)c(C)nn1C. The van der Waals surface area contributed by atoms with E-state index in [1.807, 2.05) is 6.92 Å². The van der Waals surface area contributed by atoms with Crippen molar-refractivity contribution in [2.24, 2.45) is 7.05 Å². The summed E-state index contributed by atoms with van der Waals surface area (Å²) >= 11 is 18.0. The standard InChI is InChI=1S/C21H17Cl3N2O4/c1-11-8-13(22)5-7-17(11)29-10-18(27)30-21-19(12(2)25-26(21)3)20(28)15-6-4-14(23)9-16(15)24/h4-9H,10H2,1-3H3. The third kappa shape index (κ3) is 4.78. The Balaban J connectivity index is 1.81. The van der Waals surface area contributed by atoms with Crippen LogP contribution in [0.15, 0.2) is 36.4 Å². The van der Waals surface area contributed by atoms with E-state index in [9.17, 15) is 9.59 Å². The highest BCUT2D eigenvalue weighted by atomic mass is 35.5. The number of nitrogens with zero attached hydrogens (tertiary/aromatic N) is 2. The van der Waals surface area contributed by atoms with Crippen LogP contribution in [0, 0.1) is 13.8 Å². The van der Waals surface area contributed by atoms with Gasteiger partial charge in [-0.15, -0.1) is 0 Å². The fourth-order valence-corrected chi connectivity index (χ4v) is 3.59. The summed E-state index contributed by atoms with van der Waals surface area (Å²) in [4.78, 5) is 25.4. The second kappa shape index (κ2) is 9.08. The van der Waals surface area contributed by atoms with Gasteiger partial charge >= 0.3 is 5.97 Å². The Bertz CT molecular complexity index is 1140. The second-order valence-corrected chi connectivity index (χ2v) is 7.80. The van der Waals surface area contributed by atoms with Crippen molar-refractivity contribution in [3.8, 4) is 11.6 Å². The summed E-state index contributed by atoms with van der Waals surface area (Å²) in [7, 11) is 1.57. The number of ketones is 1. The molecular weight excluding hydrogens is 451 g/mol. The van der Waals surface area contributed by atoms with Crippen molar-refractivity contribution in [2.75, 3.05) is 6.61 Å². The first-order valence-electron chi connectivity index (χ1n) is 8.80. The molecule has 0 N–H and O–H groups in total. The number of aromatic nitrogens is 2. The lowest BCUT2D eigenvalue weighted by atomic mass is 10.0. The minimum absolute atomic E-state index is 0.00458. The highest BCUT2D eigenvalue weighted by Gasteiger charge is 2.26. The Hall–Kier alpha value is -2.54. The van der Waals surface area contributed by atoms with Gasteiger partial charge in [0.25, 0.3) is 0 Å². The molecule has 0 saturated carbocycles. The van der Waals surface area contributed by atoms with E-state index < -0.39 is 11.8 Å². The first-order chi connectivity index (χ1) is 14.2. The number of rotatable bonds is 6. The number of benzene rings is 2. The Morgan fingerprint density at radius 3 is 2.37 bits per heavy atom. The number of aryl methyl sites for hydroxylation is 3. The molecular formula is C21H17Cl3N2O4. The van der Waals surface area contributed by atoms with E-state index in [1.54, 1.807) is 38.2 Å². The average Bonchev–Trinajstić information content (AvgIpc) is 2.93. The van der Waals surface area contributed by atoms with Gasteiger partial charge in [0, 0.05) is 22.7 Å². The highest BCUT2D eigenvalue weighted by Crippen LogP contribution is 2.29. The molecule has 0 spiro atoms. The molecule has 156 valence electrons. The summed E-state index contributed by atoms with van der Waals surface area (Å²) in [6.45, 7) is 3.09. The average molecular weight is 468 g/mol. The Morgan fingerprint density at radius 1 is 1.03 bits per heavy atom. The number of esters is 1. The molecule has 0 aliphatic carbocycles. The van der Waals surface area contributed by atoms with Gasteiger partial charge in [0.2, 0.25) is 11.7 Å². The van der Waals surface area contributed by atoms with Crippen LogP contribution in [0.4, 0.5) is 0 Å². The minimum Gasteiger partial charge on any atom is -0.482 e. The zero-order chi connectivity index (χ0) is 22.0. The second-order valence-electron chi connectivity index (χ2n) is 6.52. The third-order valence-electron chi connectivity index (χ3n) is 4.27. The highest BCUT2D eigenvalue weighted by molar-refractivity contribution is 6.37. The molecule has 0 fully saturated rings. The van der Waals surface area contributed by atoms with Crippen molar-refractivity contribution >= 4 is 46.6 Å². The van der Waals surface area contributed by atoms with Crippen molar-refractivity contribution in [3.63, 3.8) is 0 Å². The van der Waals surface area contributed by atoms with Crippen LogP contribution < -0.4 is 9.47 Å². The molecule has 1 heterocycles. The Kier molecular flexibility index (Phi) is 6.71. The number of halogens is 3. The van der Waals surface area contributed by atoms with E-state index in [1.165, 1.54) is 16.8 Å². The number of hydrogen-bond acceptors (Lipinski definition) is 5. The largest absolute Gasteiger partial charge is 0.482 e. The molecule has 9 heteroatoms. The van der Waals surface area contributed by atoms with Crippen LogP contribution in [-0.2, 0) is 11.8 Å². The maximum atomic E-state index is 13.1. The molecule has 0 bridgehead atoms. The maximum Gasteiger partial charge on any atom is 0.350 e. The molecule has 3 aromatic rings. The molecule has 0 atom stereocenters. The van der Waals surface area contributed by atoms with Crippen LogP contribution in [0.25, 0.3) is 0 Å². The Labute approximate surface area is 188 Å². The van der Waals surface area contributed by atoms with Crippen molar-refractivity contribution in [1.29, 1.82) is 0 Å². The summed E-state index contributed by atoms with van der Waals surface area (Å²) in [6.07, 6.45) is 0. The molecule has 0 saturated heterocycles. The van der Waals surface area contributed by atoms with Gasteiger partial charge in [-0.3, -0.25) is 4.79 Å². The third-order valence-corrected chi connectivity index (χ3v) is 5.05. The van der Waals surface area contributed by atoms with Crippen LogP contribution in [0.2, 0.25) is 15.1 Å². The van der Waals surface area contributed by atoms with E-state index in [0.717, 1.165) is 5.56 Å². The van der Waals surface area contributed by atoms with Gasteiger partial charge in [-0.25, -0.2) is 9.48 Å². The molecule has 0 aliphatic heterocycles. The lowest BCUT2D eigenvalue weighted by molar-refractivity contribution is -0.137. The molecule has 30 heavy (non-hydrogen) atoms. The van der Waals surface area contributed by atoms with E-state index in [-0.39, 0.29) is 28.6 Å². The quantitative estimate of drug-likeness (QED) is 0.367. The minimum atomic E-state index is -0.691. The fourth-order valence-electron chi connectivity index (χ4n) is 2.87. The lowest BCUT2D eigenvalue weighted by Gasteiger charge is -2.11. The number of carbonyl (C=O) groups excluding carboxylic acids is 2. The predicted molar refractivity (Wildman–Crippen MR) is 115 cm³/mol.